The van der Waals surface area contributed by atoms with Crippen molar-refractivity contribution in [2.75, 3.05) is 51.7 Å². The third kappa shape index (κ3) is 5.13. The summed E-state index contributed by atoms with van der Waals surface area (Å²) in [5.41, 5.74) is 0. The van der Waals surface area contributed by atoms with Crippen molar-refractivity contribution < 1.29 is 8.42 Å². The molecule has 30 heavy (non-hydrogen) atoms. The molecule has 4 rings (SSSR count). The zero-order valence-corrected chi connectivity index (χ0v) is 19.6. The molecular weight excluding hydrogens is 418 g/mol. The van der Waals surface area contributed by atoms with Gasteiger partial charge in [-0.1, -0.05) is 12.1 Å². The Balaban J connectivity index is 1.19. The molecule has 2 aromatic rings. The van der Waals surface area contributed by atoms with E-state index < -0.39 is 10.2 Å². The van der Waals surface area contributed by atoms with Gasteiger partial charge in [0.15, 0.2) is 0 Å². The van der Waals surface area contributed by atoms with Gasteiger partial charge in [0.2, 0.25) is 0 Å². The highest BCUT2D eigenvalue weighted by Crippen LogP contribution is 2.30. The Morgan fingerprint density at radius 2 is 1.80 bits per heavy atom. The number of rotatable bonds is 7. The average Bonchev–Trinajstić information content (AvgIpc) is 3.17. The number of nitrogens with zero attached hydrogens (tertiary/aromatic N) is 4. The number of hydrogen-bond donors (Lipinski definition) is 1. The van der Waals surface area contributed by atoms with Crippen molar-refractivity contribution in [3.63, 3.8) is 0 Å². The highest BCUT2D eigenvalue weighted by molar-refractivity contribution is 7.87. The van der Waals surface area contributed by atoms with E-state index in [0.29, 0.717) is 5.92 Å². The van der Waals surface area contributed by atoms with Crippen LogP contribution in [-0.2, 0) is 10.2 Å². The fourth-order valence-electron chi connectivity index (χ4n) is 4.53. The Hall–Kier alpha value is -1.26. The molecule has 2 fully saturated rings. The summed E-state index contributed by atoms with van der Waals surface area (Å²) in [5, 5.41) is 1.28. The lowest BCUT2D eigenvalue weighted by molar-refractivity contribution is 0.214. The molecule has 9 heteroatoms. The van der Waals surface area contributed by atoms with Crippen LogP contribution in [0.15, 0.2) is 24.3 Å². The molecule has 0 radical (unpaired) electrons. The number of fused-ring (bicyclic) bond motifs is 1. The molecule has 1 aliphatic carbocycles. The molecule has 166 valence electrons. The first-order valence-electron chi connectivity index (χ1n) is 10.9. The number of benzene rings is 1. The Morgan fingerprint density at radius 1 is 1.10 bits per heavy atom. The predicted molar refractivity (Wildman–Crippen MR) is 124 cm³/mol. The fourth-order valence-corrected chi connectivity index (χ4v) is 6.20. The maximum Gasteiger partial charge on any atom is 0.279 e. The van der Waals surface area contributed by atoms with Crippen molar-refractivity contribution in [3.05, 3.63) is 24.3 Å². The molecule has 7 nitrogen and oxygen atoms in total. The van der Waals surface area contributed by atoms with Gasteiger partial charge in [-0.25, -0.2) is 0 Å². The summed E-state index contributed by atoms with van der Waals surface area (Å²) >= 11 is 1.59. The zero-order chi connectivity index (χ0) is 21.1. The highest BCUT2D eigenvalue weighted by Gasteiger charge is 2.27. The van der Waals surface area contributed by atoms with Crippen molar-refractivity contribution in [2.45, 2.75) is 38.1 Å². The fraction of sp³-hybridized carbons (Fsp3) is 0.667. The van der Waals surface area contributed by atoms with Crippen LogP contribution in [0.5, 0.6) is 0 Å². The Kier molecular flexibility index (Phi) is 6.94. The van der Waals surface area contributed by atoms with Gasteiger partial charge in [-0.15, -0.1) is 0 Å². The summed E-state index contributed by atoms with van der Waals surface area (Å²) in [5.74, 6) is 1.86. The summed E-state index contributed by atoms with van der Waals surface area (Å²) in [6.07, 6.45) is 5.34. The maximum absolute atomic E-state index is 12.0. The number of nitrogens with one attached hydrogen (secondary N) is 1. The van der Waals surface area contributed by atoms with Crippen LogP contribution >= 0.6 is 11.5 Å². The Morgan fingerprint density at radius 3 is 2.50 bits per heavy atom. The molecule has 1 aromatic carbocycles. The minimum Gasteiger partial charge on any atom is -0.353 e. The second kappa shape index (κ2) is 9.48. The van der Waals surface area contributed by atoms with Gasteiger partial charge in [-0.05, 0) is 68.2 Å². The Labute approximate surface area is 184 Å². The monoisotopic (exact) mass is 451 g/mol. The van der Waals surface area contributed by atoms with E-state index in [9.17, 15) is 8.42 Å². The van der Waals surface area contributed by atoms with Crippen molar-refractivity contribution in [2.24, 2.45) is 5.92 Å². The van der Waals surface area contributed by atoms with E-state index in [0.717, 1.165) is 64.2 Å². The molecule has 0 spiro atoms. The van der Waals surface area contributed by atoms with Crippen molar-refractivity contribution in [1.82, 2.24) is 18.3 Å². The smallest absolute Gasteiger partial charge is 0.279 e. The van der Waals surface area contributed by atoms with Crippen LogP contribution in [0.25, 0.3) is 10.1 Å². The van der Waals surface area contributed by atoms with E-state index in [1.807, 2.05) is 0 Å². The molecule has 0 bridgehead atoms. The van der Waals surface area contributed by atoms with Crippen molar-refractivity contribution in [3.8, 4) is 0 Å². The molecular formula is C21H33N5O2S2. The van der Waals surface area contributed by atoms with Gasteiger partial charge in [0.1, 0.15) is 5.82 Å². The Bertz CT molecular complexity index is 930. The van der Waals surface area contributed by atoms with Crippen LogP contribution in [0.2, 0.25) is 0 Å². The van der Waals surface area contributed by atoms with Gasteiger partial charge in [-0.3, -0.25) is 4.90 Å². The third-order valence-corrected chi connectivity index (χ3v) is 8.94. The molecule has 0 amide bonds. The summed E-state index contributed by atoms with van der Waals surface area (Å²) in [7, 11) is -0.168. The molecule has 0 unspecified atom stereocenters. The first kappa shape index (κ1) is 22.0. The molecule has 1 saturated carbocycles. The van der Waals surface area contributed by atoms with Crippen LogP contribution in [0.4, 0.5) is 5.82 Å². The molecule has 0 atom stereocenters. The van der Waals surface area contributed by atoms with E-state index in [-0.39, 0.29) is 6.04 Å². The predicted octanol–water partition coefficient (Wildman–Crippen LogP) is 2.76. The molecule has 1 aliphatic heterocycles. The van der Waals surface area contributed by atoms with Crippen molar-refractivity contribution in [1.29, 1.82) is 0 Å². The topological polar surface area (TPSA) is 68.8 Å². The van der Waals surface area contributed by atoms with Crippen LogP contribution in [-0.4, -0.2) is 74.9 Å². The van der Waals surface area contributed by atoms with Crippen LogP contribution in [0.1, 0.15) is 32.1 Å². The molecule has 1 N–H and O–H groups in total. The molecule has 1 saturated heterocycles. The minimum absolute atomic E-state index is 0.0881. The number of aromatic nitrogens is 1. The number of anilines is 1. The first-order valence-corrected chi connectivity index (χ1v) is 13.2. The zero-order valence-electron chi connectivity index (χ0n) is 18.0. The van der Waals surface area contributed by atoms with Gasteiger partial charge < -0.3 is 4.90 Å². The lowest BCUT2D eigenvalue weighted by Gasteiger charge is -2.36. The van der Waals surface area contributed by atoms with E-state index in [1.54, 1.807) is 25.6 Å². The highest BCUT2D eigenvalue weighted by atomic mass is 32.2. The second-order valence-electron chi connectivity index (χ2n) is 8.74. The molecule has 1 aromatic heterocycles. The van der Waals surface area contributed by atoms with Crippen molar-refractivity contribution >= 4 is 37.6 Å². The van der Waals surface area contributed by atoms with Gasteiger partial charge in [-0.2, -0.15) is 21.8 Å². The normalized spacial score (nSPS) is 24.0. The summed E-state index contributed by atoms with van der Waals surface area (Å²) in [6.45, 7) is 5.39. The minimum atomic E-state index is -3.32. The van der Waals surface area contributed by atoms with E-state index in [4.69, 9.17) is 4.37 Å². The van der Waals surface area contributed by atoms with Gasteiger partial charge in [0.05, 0.1) is 4.70 Å². The number of hydrogen-bond acceptors (Lipinski definition) is 6. The standard InChI is InChI=1S/C21H33N5O2S2/c1-24(2)30(27,28)23-18-9-7-17(8-10-18)11-12-25-13-15-26(16-14-25)21-19-5-3-4-6-20(19)29-22-21/h3-6,17-18,23H,7-16H2,1-2H3. The van der Waals surface area contributed by atoms with Crippen LogP contribution in [0.3, 0.4) is 0 Å². The molecule has 2 aliphatic rings. The summed E-state index contributed by atoms with van der Waals surface area (Å²) in [6, 6.07) is 8.58. The summed E-state index contributed by atoms with van der Waals surface area (Å²) < 4.78 is 34.0. The van der Waals surface area contributed by atoms with Gasteiger partial charge in [0.25, 0.3) is 10.2 Å². The number of piperazine rings is 1. The molecule has 2 heterocycles. The lowest BCUT2D eigenvalue weighted by Crippen LogP contribution is -2.47. The SMILES string of the molecule is CN(C)S(=O)(=O)NC1CCC(CCN2CCN(c3nsc4ccccc34)CC2)CC1. The van der Waals surface area contributed by atoms with E-state index in [2.05, 4.69) is 38.8 Å². The summed E-state index contributed by atoms with van der Waals surface area (Å²) in [4.78, 5) is 5.00. The quantitative estimate of drug-likeness (QED) is 0.701. The van der Waals surface area contributed by atoms with Crippen LogP contribution < -0.4 is 9.62 Å². The van der Waals surface area contributed by atoms with Gasteiger partial charge >= 0.3 is 0 Å². The average molecular weight is 452 g/mol. The third-order valence-electron chi connectivity index (χ3n) is 6.53. The van der Waals surface area contributed by atoms with E-state index in [1.165, 1.54) is 20.8 Å². The van der Waals surface area contributed by atoms with E-state index >= 15 is 0 Å². The first-order chi connectivity index (χ1) is 14.4. The van der Waals surface area contributed by atoms with Gasteiger partial charge in [0, 0.05) is 51.7 Å². The maximum atomic E-state index is 12.0. The second-order valence-corrected chi connectivity index (χ2v) is 11.5. The lowest BCUT2D eigenvalue weighted by atomic mass is 9.84. The largest absolute Gasteiger partial charge is 0.353 e. The van der Waals surface area contributed by atoms with Crippen LogP contribution in [0, 0.1) is 5.92 Å².